The summed E-state index contributed by atoms with van der Waals surface area (Å²) in [7, 11) is 0. The first-order valence-electron chi connectivity index (χ1n) is 3.30. The highest BCUT2D eigenvalue weighted by Gasteiger charge is 1.93. The lowest BCUT2D eigenvalue weighted by Gasteiger charge is -1.94. The van der Waals surface area contributed by atoms with Crippen LogP contribution in [0.4, 0.5) is 0 Å². The molecule has 1 rings (SSSR count). The molecule has 0 aliphatic carbocycles. The largest absolute Gasteiger partial charge is 0.227 e. The van der Waals surface area contributed by atoms with E-state index in [1.165, 1.54) is 0 Å². The minimum Gasteiger partial charge on any atom is -0.227 e. The molecule has 54 valence electrons. The summed E-state index contributed by atoms with van der Waals surface area (Å²) in [6, 6.07) is 1.88. The number of aryl methyl sites for hydroxylation is 1. The van der Waals surface area contributed by atoms with E-state index in [9.17, 15) is 0 Å². The van der Waals surface area contributed by atoms with Gasteiger partial charge >= 0.3 is 0 Å². The summed E-state index contributed by atoms with van der Waals surface area (Å²) in [5.74, 6) is 0. The minimum atomic E-state index is 0.339. The molecule has 0 fully saturated rings. The lowest BCUT2D eigenvalue weighted by molar-refractivity contribution is 0.872. The van der Waals surface area contributed by atoms with Crippen molar-refractivity contribution in [3.05, 3.63) is 23.2 Å². The van der Waals surface area contributed by atoms with E-state index in [4.69, 9.17) is 11.6 Å². The molecule has 0 amide bonds. The minimum absolute atomic E-state index is 0.339. The second-order valence-corrected chi connectivity index (χ2v) is 2.41. The van der Waals surface area contributed by atoms with E-state index in [1.54, 1.807) is 6.20 Å². The van der Waals surface area contributed by atoms with Crippen molar-refractivity contribution in [2.24, 2.45) is 0 Å². The molecular weight excluding hydrogens is 148 g/mol. The molecule has 0 saturated carbocycles. The zero-order chi connectivity index (χ0) is 7.40. The summed E-state index contributed by atoms with van der Waals surface area (Å²) in [6.07, 6.45) is 3.75. The van der Waals surface area contributed by atoms with Crippen LogP contribution in [-0.4, -0.2) is 9.97 Å². The Labute approximate surface area is 65.3 Å². The van der Waals surface area contributed by atoms with Crippen molar-refractivity contribution in [1.82, 2.24) is 9.97 Å². The molecule has 3 heteroatoms. The van der Waals surface area contributed by atoms with Crippen molar-refractivity contribution in [1.29, 1.82) is 0 Å². The maximum atomic E-state index is 5.56. The molecule has 1 aromatic rings. The Morgan fingerprint density at radius 2 is 2.40 bits per heavy atom. The molecule has 0 N–H and O–H groups in total. The van der Waals surface area contributed by atoms with Gasteiger partial charge in [-0.2, -0.15) is 0 Å². The topological polar surface area (TPSA) is 25.8 Å². The number of nitrogens with zero attached hydrogens (tertiary/aromatic N) is 2. The number of halogens is 1. The molecule has 0 saturated heterocycles. The fourth-order valence-electron chi connectivity index (χ4n) is 0.765. The third-order valence-corrected chi connectivity index (χ3v) is 1.37. The summed E-state index contributed by atoms with van der Waals surface area (Å²) in [4.78, 5) is 7.79. The average Bonchev–Trinajstić information content (AvgIpc) is 1.88. The van der Waals surface area contributed by atoms with Gasteiger partial charge in [-0.25, -0.2) is 9.97 Å². The quantitative estimate of drug-likeness (QED) is 0.613. The Hall–Kier alpha value is -0.630. The van der Waals surface area contributed by atoms with Crippen LogP contribution in [0.15, 0.2) is 12.3 Å². The smallest absolute Gasteiger partial charge is 0.222 e. The highest BCUT2D eigenvalue weighted by atomic mass is 35.5. The highest BCUT2D eigenvalue weighted by molar-refractivity contribution is 6.28. The van der Waals surface area contributed by atoms with Crippen LogP contribution in [0.5, 0.6) is 0 Å². The van der Waals surface area contributed by atoms with E-state index in [0.29, 0.717) is 5.28 Å². The number of hydrogen-bond acceptors (Lipinski definition) is 2. The summed E-state index contributed by atoms with van der Waals surface area (Å²) < 4.78 is 0. The van der Waals surface area contributed by atoms with Crippen LogP contribution in [-0.2, 0) is 6.42 Å². The van der Waals surface area contributed by atoms with Gasteiger partial charge in [-0.05, 0) is 24.1 Å². The van der Waals surface area contributed by atoms with E-state index < -0.39 is 0 Å². The van der Waals surface area contributed by atoms with Crippen molar-refractivity contribution in [2.45, 2.75) is 19.8 Å². The van der Waals surface area contributed by atoms with Gasteiger partial charge in [0.2, 0.25) is 5.28 Å². The first-order chi connectivity index (χ1) is 4.83. The Morgan fingerprint density at radius 3 is 3.00 bits per heavy atom. The molecule has 0 spiro atoms. The van der Waals surface area contributed by atoms with Gasteiger partial charge in [0.25, 0.3) is 0 Å². The highest BCUT2D eigenvalue weighted by Crippen LogP contribution is 2.02. The second-order valence-electron chi connectivity index (χ2n) is 2.07. The van der Waals surface area contributed by atoms with E-state index >= 15 is 0 Å². The Bertz CT molecular complexity index is 213. The van der Waals surface area contributed by atoms with Crippen LogP contribution in [0, 0.1) is 0 Å². The van der Waals surface area contributed by atoms with Gasteiger partial charge in [0.1, 0.15) is 0 Å². The standard InChI is InChI=1S/C7H9ClN2/c1-2-3-6-4-5-9-7(8)10-6/h4-5H,2-3H2,1H3. The van der Waals surface area contributed by atoms with Crippen molar-refractivity contribution in [3.63, 3.8) is 0 Å². The number of hydrogen-bond donors (Lipinski definition) is 0. The van der Waals surface area contributed by atoms with Crippen LogP contribution >= 0.6 is 11.6 Å². The predicted octanol–water partition coefficient (Wildman–Crippen LogP) is 2.08. The predicted molar refractivity (Wildman–Crippen MR) is 41.0 cm³/mol. The first-order valence-corrected chi connectivity index (χ1v) is 3.68. The lowest BCUT2D eigenvalue weighted by Crippen LogP contribution is -1.89. The van der Waals surface area contributed by atoms with Gasteiger partial charge in [-0.1, -0.05) is 13.3 Å². The van der Waals surface area contributed by atoms with Gasteiger partial charge < -0.3 is 0 Å². The van der Waals surface area contributed by atoms with Gasteiger partial charge in [0, 0.05) is 11.9 Å². The van der Waals surface area contributed by atoms with Crippen LogP contribution in [0.1, 0.15) is 19.0 Å². The summed E-state index contributed by atoms with van der Waals surface area (Å²) in [6.45, 7) is 2.11. The van der Waals surface area contributed by atoms with E-state index in [2.05, 4.69) is 16.9 Å². The second kappa shape index (κ2) is 3.52. The molecule has 0 unspecified atom stereocenters. The molecular formula is C7H9ClN2. The van der Waals surface area contributed by atoms with Crippen molar-refractivity contribution >= 4 is 11.6 Å². The average molecular weight is 157 g/mol. The fourth-order valence-corrected chi connectivity index (χ4v) is 0.930. The van der Waals surface area contributed by atoms with Gasteiger partial charge in [-0.15, -0.1) is 0 Å². The van der Waals surface area contributed by atoms with E-state index in [1.807, 2.05) is 6.07 Å². The van der Waals surface area contributed by atoms with Crippen LogP contribution in [0.25, 0.3) is 0 Å². The van der Waals surface area contributed by atoms with Gasteiger partial charge in [0.05, 0.1) is 0 Å². The Balaban J connectivity index is 2.75. The molecule has 2 nitrogen and oxygen atoms in total. The molecule has 0 radical (unpaired) electrons. The molecule has 0 aromatic carbocycles. The SMILES string of the molecule is CCCc1ccnc(Cl)n1. The third-order valence-electron chi connectivity index (χ3n) is 1.19. The van der Waals surface area contributed by atoms with E-state index in [0.717, 1.165) is 18.5 Å². The number of rotatable bonds is 2. The molecule has 1 aromatic heterocycles. The normalized spacial score (nSPS) is 9.80. The molecule has 1 heterocycles. The molecule has 0 aliphatic rings. The van der Waals surface area contributed by atoms with Crippen molar-refractivity contribution < 1.29 is 0 Å². The zero-order valence-corrected chi connectivity index (χ0v) is 6.60. The van der Waals surface area contributed by atoms with Gasteiger partial charge in [-0.3, -0.25) is 0 Å². The maximum Gasteiger partial charge on any atom is 0.222 e. The van der Waals surface area contributed by atoms with E-state index in [-0.39, 0.29) is 0 Å². The third kappa shape index (κ3) is 1.95. The maximum absolute atomic E-state index is 5.56. The van der Waals surface area contributed by atoms with Crippen LogP contribution in [0.2, 0.25) is 5.28 Å². The lowest BCUT2D eigenvalue weighted by atomic mass is 10.2. The van der Waals surface area contributed by atoms with Crippen LogP contribution in [0.3, 0.4) is 0 Å². The first kappa shape index (κ1) is 7.48. The fraction of sp³-hybridized carbons (Fsp3) is 0.429. The monoisotopic (exact) mass is 156 g/mol. The van der Waals surface area contributed by atoms with Gasteiger partial charge in [0.15, 0.2) is 0 Å². The number of aromatic nitrogens is 2. The zero-order valence-electron chi connectivity index (χ0n) is 5.84. The summed E-state index contributed by atoms with van der Waals surface area (Å²) in [5.41, 5.74) is 1.02. The molecule has 0 aliphatic heterocycles. The summed E-state index contributed by atoms with van der Waals surface area (Å²) in [5, 5.41) is 0.339. The molecule has 0 atom stereocenters. The molecule has 10 heavy (non-hydrogen) atoms. The van der Waals surface area contributed by atoms with Crippen LogP contribution < -0.4 is 0 Å². The molecule has 0 bridgehead atoms. The summed E-state index contributed by atoms with van der Waals surface area (Å²) >= 11 is 5.56. The van der Waals surface area contributed by atoms with Crippen molar-refractivity contribution in [2.75, 3.05) is 0 Å². The van der Waals surface area contributed by atoms with Crippen molar-refractivity contribution in [3.8, 4) is 0 Å². The Kier molecular flexibility index (Phi) is 2.63. The Morgan fingerprint density at radius 1 is 1.60 bits per heavy atom.